The fourth-order valence-electron chi connectivity index (χ4n) is 4.18. The highest BCUT2D eigenvalue weighted by Crippen LogP contribution is 2.35. The van der Waals surface area contributed by atoms with E-state index in [2.05, 4.69) is 21.8 Å². The van der Waals surface area contributed by atoms with E-state index in [1.807, 2.05) is 24.1 Å². The van der Waals surface area contributed by atoms with Gasteiger partial charge in [0, 0.05) is 25.0 Å². The van der Waals surface area contributed by atoms with Crippen LogP contribution in [-0.4, -0.2) is 62.8 Å². The molecule has 0 aromatic heterocycles. The number of aryl methyl sites for hydroxylation is 1. The van der Waals surface area contributed by atoms with Gasteiger partial charge in [-0.05, 0) is 61.9 Å². The second kappa shape index (κ2) is 12.3. The third-order valence-electron chi connectivity index (χ3n) is 5.81. The summed E-state index contributed by atoms with van der Waals surface area (Å²) in [5, 5.41) is 3.57. The van der Waals surface area contributed by atoms with Gasteiger partial charge in [-0.1, -0.05) is 24.9 Å². The molecular formula is C22H35N5O3. The van der Waals surface area contributed by atoms with Crippen LogP contribution in [0, 0.1) is 0 Å². The molecule has 1 amide bonds. The minimum atomic E-state index is -0.0354. The zero-order valence-corrected chi connectivity index (χ0v) is 18.8. The van der Waals surface area contributed by atoms with Crippen LogP contribution in [-0.2, 0) is 6.42 Å². The van der Waals surface area contributed by atoms with E-state index in [0.717, 1.165) is 63.6 Å². The fourth-order valence-corrected chi connectivity index (χ4v) is 4.18. The van der Waals surface area contributed by atoms with Crippen molar-refractivity contribution in [3.63, 3.8) is 0 Å². The van der Waals surface area contributed by atoms with E-state index in [4.69, 9.17) is 15.0 Å². The number of likely N-dealkylation sites (tertiary alicyclic amines) is 1. The van der Waals surface area contributed by atoms with Gasteiger partial charge >= 0.3 is 0 Å². The minimum Gasteiger partial charge on any atom is -0.493 e. The Labute approximate surface area is 179 Å². The average Bonchev–Trinajstić information content (AvgIpc) is 3.25. The Balaban J connectivity index is 2.13. The number of rotatable bonds is 12. The normalized spacial score (nSPS) is 16.2. The lowest BCUT2D eigenvalue weighted by molar-refractivity contribution is 0.0543. The summed E-state index contributed by atoms with van der Waals surface area (Å²) in [7, 11) is 5.06. The lowest BCUT2D eigenvalue weighted by atomic mass is 10.0. The van der Waals surface area contributed by atoms with Gasteiger partial charge in [0.05, 0.1) is 25.9 Å². The molecule has 8 heteroatoms. The molecule has 2 rings (SSSR count). The minimum absolute atomic E-state index is 0.0354. The van der Waals surface area contributed by atoms with Crippen molar-refractivity contribution in [2.75, 3.05) is 40.9 Å². The summed E-state index contributed by atoms with van der Waals surface area (Å²) in [6.07, 6.45) is 7.05. The lowest BCUT2D eigenvalue weighted by Crippen LogP contribution is -2.45. The smallest absolute Gasteiger partial charge is 0.258 e. The van der Waals surface area contributed by atoms with E-state index in [1.165, 1.54) is 0 Å². The van der Waals surface area contributed by atoms with Crippen LogP contribution in [0.3, 0.4) is 0 Å². The van der Waals surface area contributed by atoms with Gasteiger partial charge in [-0.3, -0.25) is 9.69 Å². The van der Waals surface area contributed by atoms with Crippen molar-refractivity contribution in [1.29, 1.82) is 0 Å². The highest BCUT2D eigenvalue weighted by atomic mass is 16.5. The number of hydrogen-bond donors (Lipinski definition) is 0. The first-order valence-corrected chi connectivity index (χ1v) is 10.8. The largest absolute Gasteiger partial charge is 0.493 e. The number of methoxy groups -OCH3 is 2. The summed E-state index contributed by atoms with van der Waals surface area (Å²) >= 11 is 0. The summed E-state index contributed by atoms with van der Waals surface area (Å²) in [6, 6.07) is 3.91. The molecule has 0 unspecified atom stereocenters. The first-order valence-electron chi connectivity index (χ1n) is 10.8. The number of unbranched alkanes of at least 4 members (excludes halogenated alkanes) is 3. The number of carbonyl (C=O) groups is 1. The van der Waals surface area contributed by atoms with Gasteiger partial charge in [0.2, 0.25) is 0 Å². The van der Waals surface area contributed by atoms with Gasteiger partial charge in [0.25, 0.3) is 5.91 Å². The van der Waals surface area contributed by atoms with E-state index < -0.39 is 0 Å². The molecule has 0 bridgehead atoms. The maximum absolute atomic E-state index is 13.4. The molecule has 1 atom stereocenters. The van der Waals surface area contributed by atoms with Gasteiger partial charge in [-0.15, -0.1) is 0 Å². The molecular weight excluding hydrogens is 382 g/mol. The first kappa shape index (κ1) is 23.8. The fraction of sp³-hybridized carbons (Fsp3) is 0.682. The van der Waals surface area contributed by atoms with E-state index in [0.29, 0.717) is 23.6 Å². The van der Waals surface area contributed by atoms with Crippen LogP contribution in [0.2, 0.25) is 0 Å². The molecule has 0 saturated carbocycles. The van der Waals surface area contributed by atoms with Gasteiger partial charge in [0.15, 0.2) is 11.5 Å². The van der Waals surface area contributed by atoms with Crippen molar-refractivity contribution < 1.29 is 14.3 Å². The van der Waals surface area contributed by atoms with Crippen molar-refractivity contribution in [1.82, 2.24) is 9.80 Å². The molecule has 0 aliphatic carbocycles. The summed E-state index contributed by atoms with van der Waals surface area (Å²) in [4.78, 5) is 20.3. The van der Waals surface area contributed by atoms with Crippen LogP contribution < -0.4 is 9.47 Å². The number of ether oxygens (including phenoxy) is 2. The molecule has 1 aliphatic rings. The van der Waals surface area contributed by atoms with Crippen LogP contribution >= 0.6 is 0 Å². The zero-order valence-electron chi connectivity index (χ0n) is 18.8. The molecule has 30 heavy (non-hydrogen) atoms. The average molecular weight is 418 g/mol. The third kappa shape index (κ3) is 6.03. The molecule has 166 valence electrons. The van der Waals surface area contributed by atoms with Crippen molar-refractivity contribution in [2.45, 2.75) is 58.0 Å². The molecule has 1 aliphatic heterocycles. The van der Waals surface area contributed by atoms with Crippen LogP contribution in [0.15, 0.2) is 17.2 Å². The Bertz CT molecular complexity index is 749. The van der Waals surface area contributed by atoms with Crippen molar-refractivity contribution in [3.05, 3.63) is 33.7 Å². The lowest BCUT2D eigenvalue weighted by Gasteiger charge is -2.32. The number of carbonyl (C=O) groups excluding carboxylic acids is 1. The van der Waals surface area contributed by atoms with Crippen LogP contribution in [0.25, 0.3) is 10.4 Å². The second-order valence-electron chi connectivity index (χ2n) is 7.67. The van der Waals surface area contributed by atoms with Gasteiger partial charge in [-0.25, -0.2) is 0 Å². The van der Waals surface area contributed by atoms with E-state index in [9.17, 15) is 4.79 Å². The maximum atomic E-state index is 13.4. The summed E-state index contributed by atoms with van der Waals surface area (Å²) in [5.74, 6) is 1.05. The molecule has 1 aromatic rings. The van der Waals surface area contributed by atoms with Gasteiger partial charge < -0.3 is 14.4 Å². The quantitative estimate of drug-likeness (QED) is 0.215. The Morgan fingerprint density at radius 2 is 2.03 bits per heavy atom. The molecule has 1 aromatic carbocycles. The van der Waals surface area contributed by atoms with E-state index >= 15 is 0 Å². The van der Waals surface area contributed by atoms with Crippen LogP contribution in [0.5, 0.6) is 11.5 Å². The topological polar surface area (TPSA) is 90.8 Å². The summed E-state index contributed by atoms with van der Waals surface area (Å²) in [6.45, 7) is 4.64. The number of amides is 1. The van der Waals surface area contributed by atoms with E-state index in [1.54, 1.807) is 14.2 Å². The zero-order chi connectivity index (χ0) is 21.9. The Morgan fingerprint density at radius 3 is 2.70 bits per heavy atom. The molecule has 8 nitrogen and oxygen atoms in total. The van der Waals surface area contributed by atoms with Gasteiger partial charge in [0.1, 0.15) is 0 Å². The molecule has 1 heterocycles. The van der Waals surface area contributed by atoms with Gasteiger partial charge in [-0.2, -0.15) is 0 Å². The third-order valence-corrected chi connectivity index (χ3v) is 5.81. The van der Waals surface area contributed by atoms with Crippen molar-refractivity contribution >= 4 is 5.91 Å². The Morgan fingerprint density at radius 1 is 1.27 bits per heavy atom. The summed E-state index contributed by atoms with van der Waals surface area (Å²) < 4.78 is 11.1. The van der Waals surface area contributed by atoms with E-state index in [-0.39, 0.29) is 12.1 Å². The number of benzene rings is 1. The van der Waals surface area contributed by atoms with Crippen LogP contribution in [0.1, 0.15) is 61.4 Å². The molecule has 1 saturated heterocycles. The standard InChI is InChI=1S/C22H35N5O3/c1-5-27-14-10-12-20(27)26(2)22(28)18-15-17(16-19(29-3)21(18)30-4)11-8-6-7-9-13-24-25-23/h15-16,20H,5-14H2,1-4H3/t20-/m1/s1. The predicted octanol–water partition coefficient (Wildman–Crippen LogP) is 4.63. The van der Waals surface area contributed by atoms with Crippen molar-refractivity contribution in [3.8, 4) is 11.5 Å². The molecule has 0 spiro atoms. The SMILES string of the molecule is CCN1CCC[C@@H]1N(C)C(=O)c1cc(CCCCCCN=[N+]=[N-])cc(OC)c1OC. The van der Waals surface area contributed by atoms with Crippen molar-refractivity contribution in [2.24, 2.45) is 5.11 Å². The number of nitrogens with zero attached hydrogens (tertiary/aromatic N) is 5. The maximum Gasteiger partial charge on any atom is 0.258 e. The second-order valence-corrected chi connectivity index (χ2v) is 7.67. The molecule has 1 fully saturated rings. The first-order chi connectivity index (χ1) is 14.6. The summed E-state index contributed by atoms with van der Waals surface area (Å²) in [5.41, 5.74) is 9.94. The molecule has 0 radical (unpaired) electrons. The number of azide groups is 1. The highest BCUT2D eigenvalue weighted by Gasteiger charge is 2.31. The Kier molecular flexibility index (Phi) is 9.77. The monoisotopic (exact) mass is 417 g/mol. The Hall–Kier alpha value is -2.44. The highest BCUT2D eigenvalue weighted by molar-refractivity contribution is 5.98. The number of hydrogen-bond acceptors (Lipinski definition) is 5. The molecule has 0 N–H and O–H groups in total. The predicted molar refractivity (Wildman–Crippen MR) is 118 cm³/mol. The van der Waals surface area contributed by atoms with Crippen LogP contribution in [0.4, 0.5) is 0 Å².